The standard InChI is InChI=1S/C19H23ClN4O2S/c20-16-11-21-19(23-7-1-2-8-23)22-17(16)18(25)24(12-14-5-3-9-26-14)13-15-6-4-10-27-15/h4,6,10-11,14H,1-3,5,7-9,12-13H2. The molecule has 0 aliphatic carbocycles. The van der Waals surface area contributed by atoms with Gasteiger partial charge in [0.1, 0.15) is 0 Å². The molecule has 4 rings (SSSR count). The number of amides is 1. The number of nitrogens with zero attached hydrogens (tertiary/aromatic N) is 4. The average Bonchev–Trinajstić information content (AvgIpc) is 3.44. The molecule has 8 heteroatoms. The smallest absolute Gasteiger partial charge is 0.274 e. The molecule has 1 amide bonds. The van der Waals surface area contributed by atoms with Gasteiger partial charge in [0.25, 0.3) is 5.91 Å². The summed E-state index contributed by atoms with van der Waals surface area (Å²) in [5.74, 6) is 0.431. The lowest BCUT2D eigenvalue weighted by Crippen LogP contribution is -2.37. The van der Waals surface area contributed by atoms with E-state index in [1.54, 1.807) is 17.5 Å². The van der Waals surface area contributed by atoms with Crippen LogP contribution in [0.4, 0.5) is 5.95 Å². The minimum Gasteiger partial charge on any atom is -0.376 e. The van der Waals surface area contributed by atoms with Crippen molar-refractivity contribution < 1.29 is 9.53 Å². The van der Waals surface area contributed by atoms with E-state index in [1.807, 2.05) is 22.4 Å². The third kappa shape index (κ3) is 4.42. The molecule has 2 aromatic rings. The predicted molar refractivity (Wildman–Crippen MR) is 107 cm³/mol. The maximum absolute atomic E-state index is 13.3. The lowest BCUT2D eigenvalue weighted by atomic mass is 10.2. The Kier molecular flexibility index (Phi) is 5.90. The van der Waals surface area contributed by atoms with Crippen LogP contribution in [-0.2, 0) is 11.3 Å². The maximum atomic E-state index is 13.3. The van der Waals surface area contributed by atoms with Crippen molar-refractivity contribution in [2.45, 2.75) is 38.3 Å². The van der Waals surface area contributed by atoms with Gasteiger partial charge in [-0.2, -0.15) is 0 Å². The first kappa shape index (κ1) is 18.7. The van der Waals surface area contributed by atoms with Crippen molar-refractivity contribution in [2.24, 2.45) is 0 Å². The van der Waals surface area contributed by atoms with Gasteiger partial charge in [-0.1, -0.05) is 17.7 Å². The molecular formula is C19H23ClN4O2S. The molecule has 0 aromatic carbocycles. The normalized spacial score (nSPS) is 19.6. The van der Waals surface area contributed by atoms with Gasteiger partial charge in [0.2, 0.25) is 5.95 Å². The van der Waals surface area contributed by atoms with Crippen LogP contribution in [-0.4, -0.2) is 53.1 Å². The zero-order valence-electron chi connectivity index (χ0n) is 15.1. The number of hydrogen-bond acceptors (Lipinski definition) is 6. The van der Waals surface area contributed by atoms with Crippen LogP contribution < -0.4 is 4.90 Å². The highest BCUT2D eigenvalue weighted by atomic mass is 35.5. The van der Waals surface area contributed by atoms with E-state index in [0.29, 0.717) is 24.1 Å². The van der Waals surface area contributed by atoms with Crippen molar-refractivity contribution >= 4 is 34.8 Å². The highest BCUT2D eigenvalue weighted by molar-refractivity contribution is 7.09. The molecule has 0 saturated carbocycles. The summed E-state index contributed by atoms with van der Waals surface area (Å²) in [5, 5.41) is 2.32. The Hall–Kier alpha value is -1.70. The van der Waals surface area contributed by atoms with Crippen LogP contribution in [0.5, 0.6) is 0 Å². The van der Waals surface area contributed by atoms with Gasteiger partial charge in [-0.15, -0.1) is 11.3 Å². The molecule has 2 aliphatic rings. The van der Waals surface area contributed by atoms with Crippen LogP contribution in [0.25, 0.3) is 0 Å². The summed E-state index contributed by atoms with van der Waals surface area (Å²) in [6.07, 6.45) is 5.89. The number of hydrogen-bond donors (Lipinski definition) is 0. The minimum atomic E-state index is -0.160. The lowest BCUT2D eigenvalue weighted by Gasteiger charge is -2.25. The van der Waals surface area contributed by atoms with Gasteiger partial charge in [0.15, 0.2) is 5.69 Å². The van der Waals surface area contributed by atoms with E-state index in [4.69, 9.17) is 16.3 Å². The quantitative estimate of drug-likeness (QED) is 0.733. The van der Waals surface area contributed by atoms with Crippen LogP contribution in [0, 0.1) is 0 Å². The van der Waals surface area contributed by atoms with Gasteiger partial charge in [-0.05, 0) is 37.1 Å². The molecule has 1 atom stereocenters. The predicted octanol–water partition coefficient (Wildman–Crippen LogP) is 3.61. The second-order valence-corrected chi connectivity index (χ2v) is 8.40. The lowest BCUT2D eigenvalue weighted by molar-refractivity contribution is 0.0505. The summed E-state index contributed by atoms with van der Waals surface area (Å²) >= 11 is 7.96. The van der Waals surface area contributed by atoms with Crippen LogP contribution in [0.15, 0.2) is 23.7 Å². The Morgan fingerprint density at radius 3 is 2.93 bits per heavy atom. The Bertz CT molecular complexity index is 774. The van der Waals surface area contributed by atoms with Crippen LogP contribution in [0.3, 0.4) is 0 Å². The molecule has 1 unspecified atom stereocenters. The molecule has 0 spiro atoms. The monoisotopic (exact) mass is 406 g/mol. The zero-order valence-corrected chi connectivity index (χ0v) is 16.7. The molecule has 4 heterocycles. The average molecular weight is 407 g/mol. The van der Waals surface area contributed by atoms with Gasteiger partial charge in [-0.25, -0.2) is 9.97 Å². The van der Waals surface area contributed by atoms with Gasteiger partial charge < -0.3 is 14.5 Å². The zero-order chi connectivity index (χ0) is 18.6. The van der Waals surface area contributed by atoms with E-state index < -0.39 is 0 Å². The van der Waals surface area contributed by atoms with E-state index in [0.717, 1.165) is 50.3 Å². The molecule has 2 fully saturated rings. The molecule has 144 valence electrons. The number of rotatable bonds is 6. The van der Waals surface area contributed by atoms with Crippen molar-refractivity contribution in [3.63, 3.8) is 0 Å². The summed E-state index contributed by atoms with van der Waals surface area (Å²) in [5.41, 5.74) is 0.281. The molecule has 6 nitrogen and oxygen atoms in total. The number of ether oxygens (including phenoxy) is 1. The van der Waals surface area contributed by atoms with Crippen LogP contribution in [0.1, 0.15) is 41.0 Å². The molecule has 27 heavy (non-hydrogen) atoms. The fourth-order valence-corrected chi connectivity index (χ4v) is 4.46. The maximum Gasteiger partial charge on any atom is 0.274 e. The Morgan fingerprint density at radius 1 is 1.37 bits per heavy atom. The molecule has 0 bridgehead atoms. The van der Waals surface area contributed by atoms with Gasteiger partial charge in [0, 0.05) is 31.1 Å². The summed E-state index contributed by atoms with van der Waals surface area (Å²) in [6, 6.07) is 4.04. The first-order chi connectivity index (χ1) is 13.2. The molecule has 0 N–H and O–H groups in total. The van der Waals surface area contributed by atoms with Crippen molar-refractivity contribution in [1.29, 1.82) is 0 Å². The summed E-state index contributed by atoms with van der Waals surface area (Å²) < 4.78 is 5.76. The Labute approximate surface area is 168 Å². The van der Waals surface area contributed by atoms with Gasteiger partial charge >= 0.3 is 0 Å². The number of carbonyl (C=O) groups is 1. The molecular weight excluding hydrogens is 384 g/mol. The number of anilines is 1. The largest absolute Gasteiger partial charge is 0.376 e. The van der Waals surface area contributed by atoms with E-state index >= 15 is 0 Å². The molecule has 2 saturated heterocycles. The first-order valence-corrected chi connectivity index (χ1v) is 10.7. The van der Waals surface area contributed by atoms with Gasteiger partial charge in [-0.3, -0.25) is 4.79 Å². The van der Waals surface area contributed by atoms with E-state index in [9.17, 15) is 4.79 Å². The molecule has 2 aliphatic heterocycles. The fourth-order valence-electron chi connectivity index (χ4n) is 3.57. The second kappa shape index (κ2) is 8.54. The first-order valence-electron chi connectivity index (χ1n) is 9.41. The summed E-state index contributed by atoms with van der Waals surface area (Å²) in [7, 11) is 0. The Morgan fingerprint density at radius 2 is 2.22 bits per heavy atom. The fraction of sp³-hybridized carbons (Fsp3) is 0.526. The van der Waals surface area contributed by atoms with Gasteiger partial charge in [0.05, 0.1) is 23.9 Å². The molecule has 2 aromatic heterocycles. The topological polar surface area (TPSA) is 58.6 Å². The van der Waals surface area contributed by atoms with E-state index in [-0.39, 0.29) is 17.7 Å². The van der Waals surface area contributed by atoms with Crippen molar-refractivity contribution in [3.8, 4) is 0 Å². The number of halogens is 1. The van der Waals surface area contributed by atoms with Crippen molar-refractivity contribution in [3.05, 3.63) is 39.3 Å². The summed E-state index contributed by atoms with van der Waals surface area (Å²) in [6.45, 7) is 3.69. The number of carbonyl (C=O) groups excluding carboxylic acids is 1. The number of aromatic nitrogens is 2. The Balaban J connectivity index is 1.58. The minimum absolute atomic E-state index is 0.0765. The number of thiophene rings is 1. The van der Waals surface area contributed by atoms with Crippen LogP contribution in [0.2, 0.25) is 5.02 Å². The molecule has 0 radical (unpaired) electrons. The SMILES string of the molecule is O=C(c1nc(N2CCCC2)ncc1Cl)N(Cc1cccs1)CC1CCCO1. The third-order valence-electron chi connectivity index (χ3n) is 4.98. The van der Waals surface area contributed by atoms with Crippen molar-refractivity contribution in [1.82, 2.24) is 14.9 Å². The van der Waals surface area contributed by atoms with Crippen LogP contribution >= 0.6 is 22.9 Å². The third-order valence-corrected chi connectivity index (χ3v) is 6.12. The van der Waals surface area contributed by atoms with E-state index in [1.165, 1.54) is 0 Å². The summed E-state index contributed by atoms with van der Waals surface area (Å²) in [4.78, 5) is 27.2. The van der Waals surface area contributed by atoms with E-state index in [2.05, 4.69) is 14.9 Å². The second-order valence-electron chi connectivity index (χ2n) is 6.96. The highest BCUT2D eigenvalue weighted by Crippen LogP contribution is 2.24. The highest BCUT2D eigenvalue weighted by Gasteiger charge is 2.27. The van der Waals surface area contributed by atoms with Crippen molar-refractivity contribution in [2.75, 3.05) is 31.1 Å².